The Labute approximate surface area is 174 Å². The number of aryl methyl sites for hydroxylation is 1. The number of aromatic nitrogens is 1. The summed E-state index contributed by atoms with van der Waals surface area (Å²) in [7, 11) is 4.79. The number of nitrogens with one attached hydrogen (secondary N) is 1. The fourth-order valence-electron chi connectivity index (χ4n) is 3.01. The number of nitrogens with zero attached hydrogens (tertiary/aromatic N) is 1. The molecule has 1 aromatic heterocycles. The molecule has 1 N–H and O–H groups in total. The van der Waals surface area contributed by atoms with Gasteiger partial charge in [-0.1, -0.05) is 25.5 Å². The molecule has 0 aliphatic rings. The maximum Gasteiger partial charge on any atom is 0.261 e. The van der Waals surface area contributed by atoms with Crippen molar-refractivity contribution in [1.29, 1.82) is 0 Å². The lowest BCUT2D eigenvalue weighted by Crippen LogP contribution is -2.12. The Balaban J connectivity index is 1.98. The van der Waals surface area contributed by atoms with Gasteiger partial charge in [0.25, 0.3) is 5.91 Å². The summed E-state index contributed by atoms with van der Waals surface area (Å²) in [4.78, 5) is 18.6. The lowest BCUT2D eigenvalue weighted by molar-refractivity contribution is 0.102. The van der Waals surface area contributed by atoms with E-state index in [1.54, 1.807) is 39.5 Å². The smallest absolute Gasteiger partial charge is 0.261 e. The maximum atomic E-state index is 12.8. The highest BCUT2D eigenvalue weighted by molar-refractivity contribution is 7.16. The number of benzene rings is 2. The summed E-state index contributed by atoms with van der Waals surface area (Å²) in [6.07, 6.45) is 1.80. The van der Waals surface area contributed by atoms with Gasteiger partial charge in [-0.3, -0.25) is 10.1 Å². The summed E-state index contributed by atoms with van der Waals surface area (Å²) in [6.45, 7) is 2.11. The van der Waals surface area contributed by atoms with Crippen LogP contribution in [0.4, 0.5) is 5.13 Å². The second-order valence-electron chi connectivity index (χ2n) is 6.26. The Hall–Kier alpha value is -3.06. The summed E-state index contributed by atoms with van der Waals surface area (Å²) in [5.41, 5.74) is 2.09. The van der Waals surface area contributed by atoms with Crippen LogP contribution < -0.4 is 19.5 Å². The molecule has 1 amide bonds. The van der Waals surface area contributed by atoms with Gasteiger partial charge in [-0.15, -0.1) is 11.3 Å². The summed E-state index contributed by atoms with van der Waals surface area (Å²) in [6, 6.07) is 12.7. The quantitative estimate of drug-likeness (QED) is 0.561. The zero-order chi connectivity index (χ0) is 20.8. The highest BCUT2D eigenvalue weighted by Gasteiger charge is 2.20. The molecule has 0 saturated carbocycles. The molecule has 0 aliphatic carbocycles. The minimum atomic E-state index is -0.261. The largest absolute Gasteiger partial charge is 0.497 e. The Morgan fingerprint density at radius 3 is 2.48 bits per heavy atom. The Morgan fingerprint density at radius 1 is 1.03 bits per heavy atom. The Kier molecular flexibility index (Phi) is 6.72. The van der Waals surface area contributed by atoms with Gasteiger partial charge in [-0.05, 0) is 36.8 Å². The van der Waals surface area contributed by atoms with Crippen molar-refractivity contribution in [3.8, 4) is 28.5 Å². The number of rotatable bonds is 8. The van der Waals surface area contributed by atoms with Crippen molar-refractivity contribution in [2.24, 2.45) is 0 Å². The molecule has 0 spiro atoms. The van der Waals surface area contributed by atoms with E-state index in [1.807, 2.05) is 24.3 Å². The molecule has 0 saturated heterocycles. The SMILES string of the molecule is CCCc1sc(NC(=O)c2ccccc2OC)nc1-c1cc(OC)ccc1OC. The van der Waals surface area contributed by atoms with Crippen LogP contribution in [0.5, 0.6) is 17.2 Å². The molecule has 6 nitrogen and oxygen atoms in total. The molecular formula is C22H24N2O4S. The molecule has 0 fully saturated rings. The van der Waals surface area contributed by atoms with Crippen LogP contribution >= 0.6 is 11.3 Å². The van der Waals surface area contributed by atoms with Gasteiger partial charge in [-0.25, -0.2) is 4.98 Å². The zero-order valence-electron chi connectivity index (χ0n) is 16.9. The maximum absolute atomic E-state index is 12.8. The first kappa shape index (κ1) is 20.7. The molecule has 2 aromatic carbocycles. The van der Waals surface area contributed by atoms with Gasteiger partial charge >= 0.3 is 0 Å². The van der Waals surface area contributed by atoms with Crippen molar-refractivity contribution < 1.29 is 19.0 Å². The van der Waals surface area contributed by atoms with E-state index in [0.717, 1.165) is 34.7 Å². The number of anilines is 1. The molecular weight excluding hydrogens is 388 g/mol. The van der Waals surface area contributed by atoms with Crippen molar-refractivity contribution in [3.63, 3.8) is 0 Å². The minimum absolute atomic E-state index is 0.261. The van der Waals surface area contributed by atoms with E-state index in [-0.39, 0.29) is 5.91 Å². The van der Waals surface area contributed by atoms with Gasteiger partial charge in [0, 0.05) is 10.4 Å². The van der Waals surface area contributed by atoms with Gasteiger partial charge in [0.2, 0.25) is 0 Å². The van der Waals surface area contributed by atoms with Crippen LogP contribution in [0.25, 0.3) is 11.3 Å². The van der Waals surface area contributed by atoms with Crippen LogP contribution in [0.1, 0.15) is 28.6 Å². The lowest BCUT2D eigenvalue weighted by Gasteiger charge is -2.10. The van der Waals surface area contributed by atoms with Crippen LogP contribution in [0.15, 0.2) is 42.5 Å². The average molecular weight is 413 g/mol. The molecule has 7 heteroatoms. The number of thiazole rings is 1. The molecule has 1 heterocycles. The van der Waals surface area contributed by atoms with E-state index in [1.165, 1.54) is 11.3 Å². The predicted octanol–water partition coefficient (Wildman–Crippen LogP) is 5.04. The van der Waals surface area contributed by atoms with Gasteiger partial charge < -0.3 is 14.2 Å². The predicted molar refractivity (Wildman–Crippen MR) is 116 cm³/mol. The third kappa shape index (κ3) is 4.51. The number of carbonyl (C=O) groups is 1. The fourth-order valence-corrected chi connectivity index (χ4v) is 4.08. The molecule has 3 aromatic rings. The monoisotopic (exact) mass is 412 g/mol. The molecule has 3 rings (SSSR count). The van der Waals surface area contributed by atoms with Crippen LogP contribution in [-0.2, 0) is 6.42 Å². The first-order valence-electron chi connectivity index (χ1n) is 9.27. The lowest BCUT2D eigenvalue weighted by atomic mass is 10.1. The molecule has 0 unspecified atom stereocenters. The number of methoxy groups -OCH3 is 3. The number of amides is 1. The van der Waals surface area contributed by atoms with Crippen LogP contribution in [0.2, 0.25) is 0 Å². The highest BCUT2D eigenvalue weighted by atomic mass is 32.1. The Morgan fingerprint density at radius 2 is 1.79 bits per heavy atom. The fraction of sp³-hybridized carbons (Fsp3) is 0.273. The zero-order valence-corrected chi connectivity index (χ0v) is 17.8. The van der Waals surface area contributed by atoms with Gasteiger partial charge in [0.05, 0.1) is 32.6 Å². The second-order valence-corrected chi connectivity index (χ2v) is 7.35. The molecule has 0 aliphatic heterocycles. The van der Waals surface area contributed by atoms with E-state index in [9.17, 15) is 4.79 Å². The van der Waals surface area contributed by atoms with E-state index in [2.05, 4.69) is 12.2 Å². The number of para-hydroxylation sites is 1. The number of hydrogen-bond donors (Lipinski definition) is 1. The van der Waals surface area contributed by atoms with Crippen molar-refractivity contribution in [2.75, 3.05) is 26.6 Å². The molecule has 29 heavy (non-hydrogen) atoms. The molecule has 0 atom stereocenters. The third-order valence-electron chi connectivity index (χ3n) is 4.41. The summed E-state index contributed by atoms with van der Waals surface area (Å²) >= 11 is 1.47. The van der Waals surface area contributed by atoms with E-state index in [4.69, 9.17) is 19.2 Å². The summed E-state index contributed by atoms with van der Waals surface area (Å²) in [5, 5.41) is 3.44. The van der Waals surface area contributed by atoms with Crippen molar-refractivity contribution in [1.82, 2.24) is 4.98 Å². The van der Waals surface area contributed by atoms with Crippen LogP contribution in [0.3, 0.4) is 0 Å². The summed E-state index contributed by atoms with van der Waals surface area (Å²) in [5.74, 6) is 1.68. The van der Waals surface area contributed by atoms with E-state index >= 15 is 0 Å². The van der Waals surface area contributed by atoms with Crippen molar-refractivity contribution >= 4 is 22.4 Å². The third-order valence-corrected chi connectivity index (χ3v) is 5.44. The first-order chi connectivity index (χ1) is 14.1. The van der Waals surface area contributed by atoms with Gasteiger partial charge in [0.15, 0.2) is 5.13 Å². The van der Waals surface area contributed by atoms with Gasteiger partial charge in [-0.2, -0.15) is 0 Å². The van der Waals surface area contributed by atoms with Crippen LogP contribution in [-0.4, -0.2) is 32.2 Å². The number of hydrogen-bond acceptors (Lipinski definition) is 6. The number of carbonyl (C=O) groups excluding carboxylic acids is 1. The van der Waals surface area contributed by atoms with Crippen molar-refractivity contribution in [2.45, 2.75) is 19.8 Å². The second kappa shape index (κ2) is 9.43. The Bertz CT molecular complexity index is 1000. The first-order valence-corrected chi connectivity index (χ1v) is 10.1. The van der Waals surface area contributed by atoms with E-state index in [0.29, 0.717) is 22.2 Å². The molecule has 0 radical (unpaired) electrons. The standard InChI is InChI=1S/C22H24N2O4S/c1-5-8-19-20(16-13-14(26-2)11-12-18(16)28-4)23-22(29-19)24-21(25)15-9-6-7-10-17(15)27-3/h6-7,9-13H,5,8H2,1-4H3,(H,23,24,25). The summed E-state index contributed by atoms with van der Waals surface area (Å²) < 4.78 is 16.2. The minimum Gasteiger partial charge on any atom is -0.497 e. The van der Waals surface area contributed by atoms with Crippen LogP contribution in [0, 0.1) is 0 Å². The molecule has 152 valence electrons. The van der Waals surface area contributed by atoms with Crippen molar-refractivity contribution in [3.05, 3.63) is 52.9 Å². The van der Waals surface area contributed by atoms with Gasteiger partial charge in [0.1, 0.15) is 17.2 Å². The average Bonchev–Trinajstić information content (AvgIpc) is 3.15. The topological polar surface area (TPSA) is 69.7 Å². The molecule has 0 bridgehead atoms. The number of ether oxygens (including phenoxy) is 3. The van der Waals surface area contributed by atoms with E-state index < -0.39 is 0 Å². The normalized spacial score (nSPS) is 10.5. The highest BCUT2D eigenvalue weighted by Crippen LogP contribution is 2.39.